The molecule has 2 heterocycles. The van der Waals surface area contributed by atoms with Gasteiger partial charge in [-0.05, 0) is 31.7 Å². The van der Waals surface area contributed by atoms with E-state index in [2.05, 4.69) is 31.3 Å². The van der Waals surface area contributed by atoms with Crippen LogP contribution in [0.2, 0.25) is 0 Å². The predicted molar refractivity (Wildman–Crippen MR) is 155 cm³/mol. The molecule has 0 unspecified atom stereocenters. The Kier molecular flexibility index (Phi) is 11.6. The van der Waals surface area contributed by atoms with Crippen molar-refractivity contribution in [2.75, 3.05) is 19.6 Å². The molecule has 1 aromatic carbocycles. The van der Waals surface area contributed by atoms with Crippen LogP contribution in [0, 0.1) is 12.8 Å². The summed E-state index contributed by atoms with van der Waals surface area (Å²) in [4.78, 5) is 70.4. The number of rotatable bonds is 3. The molecule has 42 heavy (non-hydrogen) atoms. The Morgan fingerprint density at radius 3 is 2.38 bits per heavy atom. The molecule has 0 saturated carbocycles. The molecule has 1 aromatic heterocycles. The number of hydrogen-bond acceptors (Lipinski definition) is 7. The SMILES string of the molecule is CC(=O)N1CCCC(=O)N[C@@H](C)C(=O)N[C@H](Cc2ccccc2)C(=O)N[C@@H](C(C)C)c2nc(C)nn2CC(=O)NCC1. The van der Waals surface area contributed by atoms with E-state index in [1.807, 2.05) is 44.2 Å². The molecule has 228 valence electrons. The van der Waals surface area contributed by atoms with Gasteiger partial charge in [-0.25, -0.2) is 9.67 Å². The molecule has 4 N–H and O–H groups in total. The summed E-state index contributed by atoms with van der Waals surface area (Å²) in [6.07, 6.45) is 0.704. The van der Waals surface area contributed by atoms with Crippen molar-refractivity contribution < 1.29 is 24.0 Å². The normalized spacial score (nSPS) is 22.0. The van der Waals surface area contributed by atoms with Crippen molar-refractivity contribution in [3.63, 3.8) is 0 Å². The summed E-state index contributed by atoms with van der Waals surface area (Å²) < 4.78 is 1.47. The molecule has 0 fully saturated rings. The monoisotopic (exact) mass is 582 g/mol. The molecular formula is C29H42N8O5. The minimum atomic E-state index is -0.948. The number of nitrogens with one attached hydrogen (secondary N) is 4. The molecule has 3 rings (SSSR count). The average Bonchev–Trinajstić information content (AvgIpc) is 3.28. The fourth-order valence-corrected chi connectivity index (χ4v) is 4.72. The van der Waals surface area contributed by atoms with Crippen molar-refractivity contribution in [2.24, 2.45) is 5.92 Å². The van der Waals surface area contributed by atoms with Gasteiger partial charge in [0.1, 0.15) is 24.5 Å². The third-order valence-electron chi connectivity index (χ3n) is 7.01. The van der Waals surface area contributed by atoms with Gasteiger partial charge in [0, 0.05) is 39.4 Å². The lowest BCUT2D eigenvalue weighted by Gasteiger charge is -2.27. The Labute approximate surface area is 246 Å². The third-order valence-corrected chi connectivity index (χ3v) is 7.01. The first-order valence-corrected chi connectivity index (χ1v) is 14.3. The van der Waals surface area contributed by atoms with Gasteiger partial charge in [0.05, 0.1) is 6.04 Å². The number of aryl methyl sites for hydroxylation is 1. The Balaban J connectivity index is 1.93. The number of hydrogen-bond donors (Lipinski definition) is 4. The summed E-state index contributed by atoms with van der Waals surface area (Å²) >= 11 is 0. The number of carbonyl (C=O) groups excluding carboxylic acids is 5. The smallest absolute Gasteiger partial charge is 0.243 e. The first kappa shape index (κ1) is 32.2. The molecule has 13 nitrogen and oxygen atoms in total. The van der Waals surface area contributed by atoms with Gasteiger partial charge in [0.25, 0.3) is 0 Å². The molecule has 3 atom stereocenters. The molecule has 0 bridgehead atoms. The van der Waals surface area contributed by atoms with Gasteiger partial charge >= 0.3 is 0 Å². The maximum atomic E-state index is 13.7. The maximum absolute atomic E-state index is 13.7. The fourth-order valence-electron chi connectivity index (χ4n) is 4.72. The van der Waals surface area contributed by atoms with E-state index < -0.39 is 29.9 Å². The number of nitrogens with zero attached hydrogens (tertiary/aromatic N) is 4. The second kappa shape index (κ2) is 15.1. The van der Waals surface area contributed by atoms with Crippen LogP contribution in [0.5, 0.6) is 0 Å². The second-order valence-corrected chi connectivity index (χ2v) is 10.9. The van der Waals surface area contributed by atoms with Crippen molar-refractivity contribution in [2.45, 2.75) is 78.6 Å². The standard InChI is InChI=1S/C29H42N8O5/c1-18(2)26-27-32-20(4)35-37(27)17-25(40)30-13-15-36(21(5)38)14-9-12-24(39)31-19(3)28(41)33-23(29(42)34-26)16-22-10-7-6-8-11-22/h6-8,10-11,18-19,23,26H,9,12-17H2,1-5H3,(H,30,40)(H,31,39)(H,33,41)(H,34,42)/t19-,23+,26-/m0/s1. The first-order chi connectivity index (χ1) is 19.9. The lowest BCUT2D eigenvalue weighted by Crippen LogP contribution is -2.54. The van der Waals surface area contributed by atoms with Crippen LogP contribution in [-0.2, 0) is 36.9 Å². The minimum absolute atomic E-state index is 0.103. The molecule has 5 amide bonds. The summed E-state index contributed by atoms with van der Waals surface area (Å²) in [5, 5.41) is 15.7. The largest absolute Gasteiger partial charge is 0.353 e. The van der Waals surface area contributed by atoms with E-state index in [1.54, 1.807) is 18.7 Å². The lowest BCUT2D eigenvalue weighted by atomic mass is 10.0. The van der Waals surface area contributed by atoms with E-state index in [0.29, 0.717) is 24.6 Å². The first-order valence-electron chi connectivity index (χ1n) is 14.3. The molecular weight excluding hydrogens is 540 g/mol. The van der Waals surface area contributed by atoms with Crippen LogP contribution in [0.25, 0.3) is 0 Å². The zero-order chi connectivity index (χ0) is 30.8. The van der Waals surface area contributed by atoms with E-state index in [9.17, 15) is 24.0 Å². The summed E-state index contributed by atoms with van der Waals surface area (Å²) in [5.41, 5.74) is 0.843. The molecule has 0 spiro atoms. The third kappa shape index (κ3) is 9.38. The van der Waals surface area contributed by atoms with Crippen molar-refractivity contribution in [1.29, 1.82) is 0 Å². The highest BCUT2D eigenvalue weighted by Gasteiger charge is 2.30. The summed E-state index contributed by atoms with van der Waals surface area (Å²) in [6, 6.07) is 6.85. The van der Waals surface area contributed by atoms with Gasteiger partial charge in [0.2, 0.25) is 29.5 Å². The summed E-state index contributed by atoms with van der Waals surface area (Å²) in [5.74, 6) is -1.05. The number of aromatic nitrogens is 3. The van der Waals surface area contributed by atoms with Crippen molar-refractivity contribution in [3.05, 3.63) is 47.5 Å². The molecule has 0 saturated heterocycles. The molecule has 2 aromatic rings. The number of benzene rings is 1. The van der Waals surface area contributed by atoms with Crippen LogP contribution < -0.4 is 21.3 Å². The number of fused-ring (bicyclic) bond motifs is 1. The molecule has 0 radical (unpaired) electrons. The van der Waals surface area contributed by atoms with Crippen LogP contribution >= 0.6 is 0 Å². The molecule has 0 aliphatic carbocycles. The summed E-state index contributed by atoms with van der Waals surface area (Å²) in [6.45, 7) is 9.21. The van der Waals surface area contributed by atoms with E-state index in [-0.39, 0.29) is 56.1 Å². The maximum Gasteiger partial charge on any atom is 0.243 e. The molecule has 1 aliphatic rings. The Morgan fingerprint density at radius 2 is 1.71 bits per heavy atom. The predicted octanol–water partition coefficient (Wildman–Crippen LogP) is 0.391. The zero-order valence-electron chi connectivity index (χ0n) is 25.0. The van der Waals surface area contributed by atoms with Crippen LogP contribution in [0.3, 0.4) is 0 Å². The van der Waals surface area contributed by atoms with E-state index >= 15 is 0 Å². The highest BCUT2D eigenvalue weighted by atomic mass is 16.2. The minimum Gasteiger partial charge on any atom is -0.353 e. The van der Waals surface area contributed by atoms with E-state index in [0.717, 1.165) is 5.56 Å². The van der Waals surface area contributed by atoms with Crippen molar-refractivity contribution in [3.8, 4) is 0 Å². The van der Waals surface area contributed by atoms with E-state index in [4.69, 9.17) is 0 Å². The van der Waals surface area contributed by atoms with Gasteiger partial charge in [-0.15, -0.1) is 0 Å². The van der Waals surface area contributed by atoms with Crippen molar-refractivity contribution in [1.82, 2.24) is 40.9 Å². The molecule has 13 heteroatoms. The fraction of sp³-hybridized carbons (Fsp3) is 0.552. The average molecular weight is 583 g/mol. The van der Waals surface area contributed by atoms with Crippen molar-refractivity contribution >= 4 is 29.5 Å². The van der Waals surface area contributed by atoms with Crippen LogP contribution in [-0.4, -0.2) is 80.9 Å². The highest BCUT2D eigenvalue weighted by molar-refractivity contribution is 5.92. The second-order valence-electron chi connectivity index (χ2n) is 10.9. The van der Waals surface area contributed by atoms with Gasteiger partial charge in [0.15, 0.2) is 5.82 Å². The highest BCUT2D eigenvalue weighted by Crippen LogP contribution is 2.21. The van der Waals surface area contributed by atoms with Gasteiger partial charge in [-0.3, -0.25) is 24.0 Å². The topological polar surface area (TPSA) is 167 Å². The molecule has 1 aliphatic heterocycles. The Morgan fingerprint density at radius 1 is 1.00 bits per heavy atom. The number of carbonyl (C=O) groups is 5. The zero-order valence-corrected chi connectivity index (χ0v) is 25.0. The van der Waals surface area contributed by atoms with Gasteiger partial charge in [-0.2, -0.15) is 5.10 Å². The van der Waals surface area contributed by atoms with Crippen LogP contribution in [0.1, 0.15) is 63.8 Å². The number of amides is 5. The lowest BCUT2D eigenvalue weighted by molar-refractivity contribution is -0.132. The Bertz CT molecular complexity index is 1260. The van der Waals surface area contributed by atoms with Gasteiger partial charge < -0.3 is 26.2 Å². The quantitative estimate of drug-likeness (QED) is 0.406. The van der Waals surface area contributed by atoms with Gasteiger partial charge in [-0.1, -0.05) is 44.2 Å². The Hall–Kier alpha value is -4.29. The van der Waals surface area contributed by atoms with E-state index in [1.165, 1.54) is 11.6 Å². The van der Waals surface area contributed by atoms with Crippen LogP contribution in [0.15, 0.2) is 30.3 Å². The summed E-state index contributed by atoms with van der Waals surface area (Å²) in [7, 11) is 0. The van der Waals surface area contributed by atoms with Crippen LogP contribution in [0.4, 0.5) is 0 Å².